The topological polar surface area (TPSA) is 50.8 Å². The van der Waals surface area contributed by atoms with Gasteiger partial charge in [-0.3, -0.25) is 4.79 Å². The molecule has 6 heteroatoms. The third-order valence-electron chi connectivity index (χ3n) is 5.01. The highest BCUT2D eigenvalue weighted by Crippen LogP contribution is 2.19. The Morgan fingerprint density at radius 3 is 2.83 bits per heavy atom. The molecule has 0 spiro atoms. The molecule has 5 nitrogen and oxygen atoms in total. The van der Waals surface area contributed by atoms with E-state index in [9.17, 15) is 4.79 Å². The van der Waals surface area contributed by atoms with Crippen LogP contribution in [0.4, 0.5) is 0 Å². The fourth-order valence-electron chi connectivity index (χ4n) is 3.54. The molecule has 3 fully saturated rings. The van der Waals surface area contributed by atoms with Crippen LogP contribution in [0.3, 0.4) is 0 Å². The standard InChI is InChI=1S/C17H30N2O3S/c20-17(11-14-13-23-10-6-18-14)19-7-4-15(5-8-19)22-12-16-3-1-2-9-21-16/h14-16,18H,1-13H2. The number of hydrogen-bond donors (Lipinski definition) is 1. The van der Waals surface area contributed by atoms with E-state index >= 15 is 0 Å². The number of nitrogens with one attached hydrogen (secondary N) is 1. The molecular formula is C17H30N2O3S. The number of amides is 1. The smallest absolute Gasteiger partial charge is 0.224 e. The normalized spacial score (nSPS) is 30.3. The molecule has 23 heavy (non-hydrogen) atoms. The Morgan fingerprint density at radius 2 is 2.13 bits per heavy atom. The summed E-state index contributed by atoms with van der Waals surface area (Å²) in [6, 6.07) is 0.360. The number of nitrogens with zero attached hydrogens (tertiary/aromatic N) is 1. The van der Waals surface area contributed by atoms with Crippen LogP contribution in [0.1, 0.15) is 38.5 Å². The molecule has 1 amide bonds. The molecule has 3 saturated heterocycles. The second-order valence-corrected chi connectivity index (χ2v) is 7.98. The number of piperidine rings is 1. The van der Waals surface area contributed by atoms with Crippen LogP contribution in [-0.2, 0) is 14.3 Å². The Hall–Kier alpha value is -0.300. The molecule has 3 heterocycles. The number of likely N-dealkylation sites (tertiary alicyclic amines) is 1. The number of carbonyl (C=O) groups excluding carboxylic acids is 1. The van der Waals surface area contributed by atoms with E-state index in [4.69, 9.17) is 9.47 Å². The number of rotatable bonds is 5. The molecule has 3 rings (SSSR count). The number of thioether (sulfide) groups is 1. The lowest BCUT2D eigenvalue weighted by Crippen LogP contribution is -2.46. The lowest BCUT2D eigenvalue weighted by molar-refractivity contribution is -0.135. The second-order valence-electron chi connectivity index (χ2n) is 6.83. The first-order valence-corrected chi connectivity index (χ1v) is 10.3. The van der Waals surface area contributed by atoms with Gasteiger partial charge in [-0.2, -0.15) is 11.8 Å². The van der Waals surface area contributed by atoms with Gasteiger partial charge in [0, 0.05) is 50.2 Å². The van der Waals surface area contributed by atoms with Crippen LogP contribution in [-0.4, -0.2) is 73.4 Å². The van der Waals surface area contributed by atoms with Gasteiger partial charge in [-0.15, -0.1) is 0 Å². The van der Waals surface area contributed by atoms with E-state index in [2.05, 4.69) is 5.32 Å². The minimum absolute atomic E-state index is 0.290. The summed E-state index contributed by atoms with van der Waals surface area (Å²) < 4.78 is 11.7. The molecule has 3 aliphatic rings. The fourth-order valence-corrected chi connectivity index (χ4v) is 4.49. The number of carbonyl (C=O) groups is 1. The maximum absolute atomic E-state index is 12.4. The van der Waals surface area contributed by atoms with Crippen molar-refractivity contribution in [2.75, 3.05) is 44.4 Å². The Morgan fingerprint density at radius 1 is 1.26 bits per heavy atom. The van der Waals surface area contributed by atoms with Gasteiger partial charge in [0.05, 0.1) is 18.8 Å². The van der Waals surface area contributed by atoms with E-state index in [1.54, 1.807) is 0 Å². The van der Waals surface area contributed by atoms with Gasteiger partial charge in [0.1, 0.15) is 0 Å². The van der Waals surface area contributed by atoms with Crippen LogP contribution in [0.5, 0.6) is 0 Å². The third-order valence-corrected chi connectivity index (χ3v) is 6.14. The monoisotopic (exact) mass is 342 g/mol. The molecule has 2 atom stereocenters. The first kappa shape index (κ1) is 17.5. The molecule has 0 aromatic rings. The lowest BCUT2D eigenvalue weighted by atomic mass is 10.1. The summed E-state index contributed by atoms with van der Waals surface area (Å²) in [7, 11) is 0. The molecule has 0 aromatic heterocycles. The molecule has 0 aliphatic carbocycles. The first-order valence-electron chi connectivity index (χ1n) is 9.13. The van der Waals surface area contributed by atoms with E-state index in [-0.39, 0.29) is 0 Å². The highest BCUT2D eigenvalue weighted by atomic mass is 32.2. The van der Waals surface area contributed by atoms with Gasteiger partial charge in [0.2, 0.25) is 5.91 Å². The van der Waals surface area contributed by atoms with Gasteiger partial charge in [-0.1, -0.05) is 0 Å². The maximum atomic E-state index is 12.4. The van der Waals surface area contributed by atoms with Crippen molar-refractivity contribution >= 4 is 17.7 Å². The van der Waals surface area contributed by atoms with Crippen LogP contribution in [0, 0.1) is 0 Å². The van der Waals surface area contributed by atoms with Crippen molar-refractivity contribution in [1.82, 2.24) is 10.2 Å². The minimum Gasteiger partial charge on any atom is -0.376 e. The molecule has 0 bridgehead atoms. The summed E-state index contributed by atoms with van der Waals surface area (Å²) in [5.41, 5.74) is 0. The summed E-state index contributed by atoms with van der Waals surface area (Å²) in [6.07, 6.45) is 6.74. The quantitative estimate of drug-likeness (QED) is 0.823. The third kappa shape index (κ3) is 5.62. The van der Waals surface area contributed by atoms with Gasteiger partial charge >= 0.3 is 0 Å². The van der Waals surface area contributed by atoms with Crippen molar-refractivity contribution in [2.24, 2.45) is 0 Å². The molecule has 0 aromatic carbocycles. The Balaban J connectivity index is 1.32. The maximum Gasteiger partial charge on any atom is 0.224 e. The molecule has 2 unspecified atom stereocenters. The van der Waals surface area contributed by atoms with Crippen LogP contribution in [0.15, 0.2) is 0 Å². The van der Waals surface area contributed by atoms with Crippen LogP contribution >= 0.6 is 11.8 Å². The molecule has 3 aliphatic heterocycles. The number of ether oxygens (including phenoxy) is 2. The summed E-state index contributed by atoms with van der Waals surface area (Å²) in [6.45, 7) is 4.32. The van der Waals surface area contributed by atoms with Crippen LogP contribution in [0.2, 0.25) is 0 Å². The van der Waals surface area contributed by atoms with E-state index in [0.717, 1.165) is 63.6 Å². The Bertz CT molecular complexity index is 363. The predicted molar refractivity (Wildman–Crippen MR) is 92.9 cm³/mol. The van der Waals surface area contributed by atoms with E-state index < -0.39 is 0 Å². The largest absolute Gasteiger partial charge is 0.376 e. The van der Waals surface area contributed by atoms with Crippen LogP contribution in [0.25, 0.3) is 0 Å². The zero-order chi connectivity index (χ0) is 15.9. The highest BCUT2D eigenvalue weighted by Gasteiger charge is 2.26. The van der Waals surface area contributed by atoms with E-state index in [0.29, 0.717) is 30.6 Å². The molecule has 1 N–H and O–H groups in total. The van der Waals surface area contributed by atoms with Gasteiger partial charge in [-0.05, 0) is 32.1 Å². The number of hydrogen-bond acceptors (Lipinski definition) is 5. The van der Waals surface area contributed by atoms with Crippen molar-refractivity contribution in [3.63, 3.8) is 0 Å². The second kappa shape index (κ2) is 9.25. The predicted octanol–water partition coefficient (Wildman–Crippen LogP) is 1.66. The van der Waals surface area contributed by atoms with Crippen molar-refractivity contribution in [2.45, 2.75) is 56.8 Å². The van der Waals surface area contributed by atoms with Crippen LogP contribution < -0.4 is 5.32 Å². The van der Waals surface area contributed by atoms with Gasteiger partial charge < -0.3 is 19.7 Å². The minimum atomic E-state index is 0.290. The SMILES string of the molecule is O=C(CC1CSCCN1)N1CCC(OCC2CCCCO2)CC1. The Labute approximate surface area is 143 Å². The summed E-state index contributed by atoms with van der Waals surface area (Å²) in [4.78, 5) is 14.4. The van der Waals surface area contributed by atoms with Crippen molar-refractivity contribution in [3.8, 4) is 0 Å². The summed E-state index contributed by atoms with van der Waals surface area (Å²) in [5, 5.41) is 3.45. The molecule has 132 valence electrons. The average molecular weight is 343 g/mol. The Kier molecular flexibility index (Phi) is 7.05. The molecular weight excluding hydrogens is 312 g/mol. The summed E-state index contributed by atoms with van der Waals surface area (Å²) >= 11 is 1.95. The van der Waals surface area contributed by atoms with Crippen molar-refractivity contribution < 1.29 is 14.3 Å². The molecule has 0 radical (unpaired) electrons. The van der Waals surface area contributed by atoms with Gasteiger partial charge in [-0.25, -0.2) is 0 Å². The van der Waals surface area contributed by atoms with E-state index in [1.807, 2.05) is 16.7 Å². The highest BCUT2D eigenvalue weighted by molar-refractivity contribution is 7.99. The average Bonchev–Trinajstić information content (AvgIpc) is 2.62. The van der Waals surface area contributed by atoms with Gasteiger partial charge in [0.25, 0.3) is 0 Å². The van der Waals surface area contributed by atoms with Crippen molar-refractivity contribution in [1.29, 1.82) is 0 Å². The van der Waals surface area contributed by atoms with Crippen molar-refractivity contribution in [3.05, 3.63) is 0 Å². The van der Waals surface area contributed by atoms with E-state index in [1.165, 1.54) is 12.8 Å². The molecule has 0 saturated carbocycles. The lowest BCUT2D eigenvalue weighted by Gasteiger charge is -2.34. The van der Waals surface area contributed by atoms with Gasteiger partial charge in [0.15, 0.2) is 0 Å². The first-order chi connectivity index (χ1) is 11.3. The fraction of sp³-hybridized carbons (Fsp3) is 0.941. The zero-order valence-corrected chi connectivity index (χ0v) is 14.8. The zero-order valence-electron chi connectivity index (χ0n) is 14.0. The summed E-state index contributed by atoms with van der Waals surface area (Å²) in [5.74, 6) is 2.53.